The van der Waals surface area contributed by atoms with Crippen LogP contribution in [0, 0.1) is 0 Å². The van der Waals surface area contributed by atoms with Crippen LogP contribution in [0.15, 0.2) is 12.2 Å². The second-order valence-electron chi connectivity index (χ2n) is 8.79. The lowest BCUT2D eigenvalue weighted by Crippen LogP contribution is -2.50. The zero-order chi connectivity index (χ0) is 22.3. The number of esters is 1. The summed E-state index contributed by atoms with van der Waals surface area (Å²) in [4.78, 5) is 11.8. The van der Waals surface area contributed by atoms with E-state index in [0.717, 1.165) is 12.8 Å². The van der Waals surface area contributed by atoms with Gasteiger partial charge in [0.15, 0.2) is 0 Å². The van der Waals surface area contributed by atoms with Gasteiger partial charge in [-0.05, 0) is 32.1 Å². The topological polar surface area (TPSA) is 66.8 Å². The largest absolute Gasteiger partial charge is 0.460 e. The molecule has 0 fully saturated rings. The van der Waals surface area contributed by atoms with Gasteiger partial charge in [0.05, 0.1) is 20.3 Å². The highest BCUT2D eigenvalue weighted by atomic mass is 16.5. The third-order valence-corrected chi connectivity index (χ3v) is 5.82. The Bertz CT molecular complexity index is 406. The van der Waals surface area contributed by atoms with Crippen molar-refractivity contribution in [3.05, 3.63) is 12.2 Å². The van der Waals surface area contributed by atoms with Crippen LogP contribution in [0.3, 0.4) is 0 Å². The minimum absolute atomic E-state index is 0.0688. The lowest BCUT2D eigenvalue weighted by molar-refractivity contribution is -0.910. The fourth-order valence-electron chi connectivity index (χ4n) is 3.61. The van der Waals surface area contributed by atoms with Crippen molar-refractivity contribution in [1.82, 2.24) is 0 Å². The molecule has 178 valence electrons. The van der Waals surface area contributed by atoms with Gasteiger partial charge in [-0.1, -0.05) is 70.4 Å². The molecule has 0 spiro atoms. The number of carbonyl (C=O) groups excluding carboxylic acids is 1. The fraction of sp³-hybridized carbons (Fsp3) is 0.880. The lowest BCUT2D eigenvalue weighted by Gasteiger charge is -2.33. The van der Waals surface area contributed by atoms with Gasteiger partial charge in [0, 0.05) is 6.42 Å². The summed E-state index contributed by atoms with van der Waals surface area (Å²) in [7, 11) is 1.96. The number of aliphatic hydroxyl groups excluding tert-OH is 2. The number of quaternary nitrogens is 1. The van der Waals surface area contributed by atoms with E-state index in [0.29, 0.717) is 37.1 Å². The Balaban J connectivity index is 3.47. The van der Waals surface area contributed by atoms with Crippen LogP contribution in [0.25, 0.3) is 0 Å². The normalized spacial score (nSPS) is 12.0. The van der Waals surface area contributed by atoms with Crippen LogP contribution in [-0.4, -0.2) is 67.2 Å². The Labute approximate surface area is 186 Å². The Morgan fingerprint density at radius 2 is 1.27 bits per heavy atom. The Hall–Kier alpha value is -0.910. The molecule has 0 aromatic carbocycles. The maximum atomic E-state index is 11.8. The third-order valence-electron chi connectivity index (χ3n) is 5.82. The van der Waals surface area contributed by atoms with Crippen molar-refractivity contribution in [2.75, 3.05) is 46.5 Å². The van der Waals surface area contributed by atoms with Crippen LogP contribution in [0.1, 0.15) is 96.8 Å². The van der Waals surface area contributed by atoms with E-state index in [4.69, 9.17) is 14.9 Å². The summed E-state index contributed by atoms with van der Waals surface area (Å²) in [5.74, 6) is -0.132. The van der Waals surface area contributed by atoms with E-state index < -0.39 is 0 Å². The molecule has 0 saturated carbocycles. The summed E-state index contributed by atoms with van der Waals surface area (Å²) in [5, 5.41) is 18.3. The molecule has 5 nitrogen and oxygen atoms in total. The predicted octanol–water partition coefficient (Wildman–Crippen LogP) is 5.00. The highest BCUT2D eigenvalue weighted by Gasteiger charge is 2.20. The smallest absolute Gasteiger partial charge is 0.305 e. The SMILES string of the molecule is CCCCCCCC/C=C\CCCCCCCC(=O)OCC[N+](C)(CCO)CCO. The number of carbonyl (C=O) groups is 1. The molecule has 5 heteroatoms. The first-order valence-corrected chi connectivity index (χ1v) is 12.4. The molecule has 0 rings (SSSR count). The Morgan fingerprint density at radius 3 is 1.80 bits per heavy atom. The second kappa shape index (κ2) is 21.3. The first-order valence-electron chi connectivity index (χ1n) is 12.4. The summed E-state index contributed by atoms with van der Waals surface area (Å²) in [6.07, 6.45) is 21.4. The van der Waals surface area contributed by atoms with Gasteiger partial charge >= 0.3 is 5.97 Å². The van der Waals surface area contributed by atoms with Crippen molar-refractivity contribution in [2.24, 2.45) is 0 Å². The molecule has 0 atom stereocenters. The van der Waals surface area contributed by atoms with E-state index in [-0.39, 0.29) is 19.2 Å². The summed E-state index contributed by atoms with van der Waals surface area (Å²) in [6.45, 7) is 4.49. The van der Waals surface area contributed by atoms with Gasteiger partial charge in [-0.25, -0.2) is 0 Å². The van der Waals surface area contributed by atoms with Crippen LogP contribution >= 0.6 is 0 Å². The molecule has 2 N–H and O–H groups in total. The summed E-state index contributed by atoms with van der Waals surface area (Å²) >= 11 is 0. The average Bonchev–Trinajstić information content (AvgIpc) is 2.71. The van der Waals surface area contributed by atoms with Crippen molar-refractivity contribution in [1.29, 1.82) is 0 Å². The number of ether oxygens (including phenoxy) is 1. The molecule has 0 heterocycles. The fourth-order valence-corrected chi connectivity index (χ4v) is 3.61. The standard InChI is InChI=1S/C25H50NO4/c1-3-4-5-6-7-8-9-10-11-12-13-14-15-16-17-18-25(29)30-24-21-26(2,19-22-27)20-23-28/h10-11,27-28H,3-9,12-24H2,1-2H3/q+1/b11-10-. The van der Waals surface area contributed by atoms with Crippen LogP contribution in [-0.2, 0) is 9.53 Å². The van der Waals surface area contributed by atoms with E-state index in [1.54, 1.807) is 0 Å². The molecule has 0 aromatic heterocycles. The molecule has 0 unspecified atom stereocenters. The second-order valence-corrected chi connectivity index (χ2v) is 8.79. The van der Waals surface area contributed by atoms with E-state index in [2.05, 4.69) is 19.1 Å². The molecule has 0 bridgehead atoms. The highest BCUT2D eigenvalue weighted by Crippen LogP contribution is 2.10. The minimum atomic E-state index is -0.132. The molecule has 0 aromatic rings. The molecule has 0 saturated heterocycles. The van der Waals surface area contributed by atoms with E-state index in [9.17, 15) is 4.79 Å². The third kappa shape index (κ3) is 19.1. The molecule has 0 amide bonds. The van der Waals surface area contributed by atoms with Gasteiger partial charge in [-0.15, -0.1) is 0 Å². The van der Waals surface area contributed by atoms with Gasteiger partial charge in [0.25, 0.3) is 0 Å². The van der Waals surface area contributed by atoms with Crippen LogP contribution in [0.2, 0.25) is 0 Å². The number of unbranched alkanes of at least 4 members (excludes halogenated alkanes) is 11. The van der Waals surface area contributed by atoms with Gasteiger partial charge in [-0.3, -0.25) is 4.79 Å². The summed E-state index contributed by atoms with van der Waals surface area (Å²) < 4.78 is 5.84. The first kappa shape index (κ1) is 29.1. The van der Waals surface area contributed by atoms with Crippen molar-refractivity contribution < 1.29 is 24.2 Å². The maximum Gasteiger partial charge on any atom is 0.305 e. The maximum absolute atomic E-state index is 11.8. The summed E-state index contributed by atoms with van der Waals surface area (Å²) in [6, 6.07) is 0. The van der Waals surface area contributed by atoms with E-state index in [1.165, 1.54) is 70.6 Å². The number of nitrogens with zero attached hydrogens (tertiary/aromatic N) is 1. The van der Waals surface area contributed by atoms with Crippen molar-refractivity contribution in [3.63, 3.8) is 0 Å². The molecule has 30 heavy (non-hydrogen) atoms. The van der Waals surface area contributed by atoms with E-state index in [1.807, 2.05) is 7.05 Å². The van der Waals surface area contributed by atoms with Crippen molar-refractivity contribution in [2.45, 2.75) is 96.8 Å². The molecular formula is C25H50NO4+. The number of likely N-dealkylation sites (N-methyl/N-ethyl adjacent to an activating group) is 1. The Kier molecular flexibility index (Phi) is 20.7. The minimum Gasteiger partial charge on any atom is -0.460 e. The molecular weight excluding hydrogens is 378 g/mol. The average molecular weight is 429 g/mol. The van der Waals surface area contributed by atoms with Crippen LogP contribution in [0.5, 0.6) is 0 Å². The van der Waals surface area contributed by atoms with Crippen LogP contribution < -0.4 is 0 Å². The molecule has 0 aliphatic rings. The van der Waals surface area contributed by atoms with Crippen molar-refractivity contribution >= 4 is 5.97 Å². The van der Waals surface area contributed by atoms with Gasteiger partial charge < -0.3 is 19.4 Å². The molecule has 0 aliphatic carbocycles. The number of aliphatic hydroxyl groups is 2. The number of hydrogen-bond donors (Lipinski definition) is 2. The summed E-state index contributed by atoms with van der Waals surface area (Å²) in [5.41, 5.74) is 0. The quantitative estimate of drug-likeness (QED) is 0.110. The molecule has 0 radical (unpaired) electrons. The van der Waals surface area contributed by atoms with E-state index >= 15 is 0 Å². The van der Waals surface area contributed by atoms with Crippen molar-refractivity contribution in [3.8, 4) is 0 Å². The zero-order valence-electron chi connectivity index (χ0n) is 20.0. The van der Waals surface area contributed by atoms with Gasteiger partial charge in [0.2, 0.25) is 0 Å². The zero-order valence-corrected chi connectivity index (χ0v) is 20.0. The monoisotopic (exact) mass is 428 g/mol. The highest BCUT2D eigenvalue weighted by molar-refractivity contribution is 5.69. The van der Waals surface area contributed by atoms with Crippen LogP contribution in [0.4, 0.5) is 0 Å². The number of rotatable bonds is 22. The predicted molar refractivity (Wildman–Crippen MR) is 125 cm³/mol. The number of allylic oxidation sites excluding steroid dienone is 2. The molecule has 0 aliphatic heterocycles. The van der Waals surface area contributed by atoms with Gasteiger partial charge in [-0.2, -0.15) is 0 Å². The number of hydrogen-bond acceptors (Lipinski definition) is 4. The van der Waals surface area contributed by atoms with Gasteiger partial charge in [0.1, 0.15) is 26.2 Å². The lowest BCUT2D eigenvalue weighted by atomic mass is 10.1. The Morgan fingerprint density at radius 1 is 0.767 bits per heavy atom. The first-order chi connectivity index (χ1) is 14.6.